The normalized spacial score (nSPS) is 11.3. The SMILES string of the molecule is Cc1ccc(C(=O)N(CCN(C)C)Cc2ccc(Cl)cc2)cc1S(=O)(=O)NCC#N. The van der Waals surface area contributed by atoms with E-state index in [1.807, 2.05) is 31.1 Å². The van der Waals surface area contributed by atoms with Crippen LogP contribution < -0.4 is 4.72 Å². The van der Waals surface area contributed by atoms with Crippen molar-refractivity contribution in [1.29, 1.82) is 5.26 Å². The number of amides is 1. The van der Waals surface area contributed by atoms with Crippen LogP contribution in [0.5, 0.6) is 0 Å². The first-order chi connectivity index (χ1) is 14.1. The molecular formula is C21H25ClN4O3S. The van der Waals surface area contributed by atoms with E-state index in [1.54, 1.807) is 42.2 Å². The molecule has 0 aromatic heterocycles. The molecule has 9 heteroatoms. The van der Waals surface area contributed by atoms with Gasteiger partial charge in [-0.25, -0.2) is 8.42 Å². The fourth-order valence-electron chi connectivity index (χ4n) is 2.79. The minimum absolute atomic E-state index is 0.0114. The van der Waals surface area contributed by atoms with Crippen LogP contribution in [-0.4, -0.2) is 57.9 Å². The van der Waals surface area contributed by atoms with Crippen LogP contribution in [0.1, 0.15) is 21.5 Å². The molecule has 0 aliphatic carbocycles. The number of nitrogens with one attached hydrogen (secondary N) is 1. The van der Waals surface area contributed by atoms with Gasteiger partial charge in [-0.15, -0.1) is 0 Å². The highest BCUT2D eigenvalue weighted by molar-refractivity contribution is 7.89. The fraction of sp³-hybridized carbons (Fsp3) is 0.333. The first kappa shape index (κ1) is 23.8. The average molecular weight is 449 g/mol. The van der Waals surface area contributed by atoms with Gasteiger partial charge in [0.05, 0.1) is 17.5 Å². The van der Waals surface area contributed by atoms with Crippen molar-refractivity contribution in [2.24, 2.45) is 0 Å². The number of aryl methyl sites for hydroxylation is 1. The fourth-order valence-corrected chi connectivity index (χ4v) is 4.10. The number of carbonyl (C=O) groups excluding carboxylic acids is 1. The lowest BCUT2D eigenvalue weighted by Gasteiger charge is -2.25. The maximum Gasteiger partial charge on any atom is 0.254 e. The molecule has 1 amide bonds. The number of nitriles is 1. The van der Waals surface area contributed by atoms with Crippen molar-refractivity contribution in [3.63, 3.8) is 0 Å². The van der Waals surface area contributed by atoms with Crippen molar-refractivity contribution < 1.29 is 13.2 Å². The number of hydrogen-bond donors (Lipinski definition) is 1. The number of benzene rings is 2. The molecule has 2 aromatic rings. The quantitative estimate of drug-likeness (QED) is 0.595. The Morgan fingerprint density at radius 3 is 2.40 bits per heavy atom. The number of halogens is 1. The minimum Gasteiger partial charge on any atom is -0.333 e. The molecule has 0 bridgehead atoms. The zero-order valence-corrected chi connectivity index (χ0v) is 18.8. The highest BCUT2D eigenvalue weighted by Gasteiger charge is 2.22. The molecule has 30 heavy (non-hydrogen) atoms. The standard InChI is InChI=1S/C21H25ClN4O3S/c1-16-4-7-18(14-20(16)30(28,29)24-11-10-23)21(27)26(13-12-25(2)3)15-17-5-8-19(22)9-6-17/h4-9,14,24H,11-13,15H2,1-3H3. The van der Waals surface area contributed by atoms with Crippen molar-refractivity contribution in [3.05, 3.63) is 64.2 Å². The van der Waals surface area contributed by atoms with Gasteiger partial charge in [0.25, 0.3) is 5.91 Å². The molecule has 7 nitrogen and oxygen atoms in total. The molecule has 2 rings (SSSR count). The smallest absolute Gasteiger partial charge is 0.254 e. The van der Waals surface area contributed by atoms with Crippen LogP contribution in [0.25, 0.3) is 0 Å². The molecular weight excluding hydrogens is 424 g/mol. The van der Waals surface area contributed by atoms with Gasteiger partial charge < -0.3 is 9.80 Å². The summed E-state index contributed by atoms with van der Waals surface area (Å²) in [7, 11) is -0.0523. The number of rotatable bonds is 9. The van der Waals surface area contributed by atoms with E-state index in [0.717, 1.165) is 5.56 Å². The second kappa shape index (κ2) is 10.5. The molecule has 1 N–H and O–H groups in total. The van der Waals surface area contributed by atoms with Crippen LogP contribution in [0, 0.1) is 18.3 Å². The van der Waals surface area contributed by atoms with E-state index in [-0.39, 0.29) is 22.9 Å². The Morgan fingerprint density at radius 2 is 1.80 bits per heavy atom. The van der Waals surface area contributed by atoms with Crippen LogP contribution >= 0.6 is 11.6 Å². The lowest BCUT2D eigenvalue weighted by molar-refractivity contribution is 0.0731. The number of likely N-dealkylation sites (N-methyl/N-ethyl adjacent to an activating group) is 1. The summed E-state index contributed by atoms with van der Waals surface area (Å²) in [4.78, 5) is 16.9. The summed E-state index contributed by atoms with van der Waals surface area (Å²) in [5, 5.41) is 9.29. The molecule has 0 unspecified atom stereocenters. The van der Waals surface area contributed by atoms with Gasteiger partial charge in [0.1, 0.15) is 0 Å². The summed E-state index contributed by atoms with van der Waals surface area (Å²) in [5.41, 5.74) is 1.68. The van der Waals surface area contributed by atoms with E-state index in [1.165, 1.54) is 6.07 Å². The topological polar surface area (TPSA) is 93.5 Å². The van der Waals surface area contributed by atoms with Crippen LogP contribution in [-0.2, 0) is 16.6 Å². The molecule has 0 aliphatic heterocycles. The number of hydrogen-bond acceptors (Lipinski definition) is 5. The number of carbonyl (C=O) groups is 1. The van der Waals surface area contributed by atoms with Crippen LogP contribution in [0.15, 0.2) is 47.4 Å². The molecule has 0 fully saturated rings. The molecule has 0 aliphatic rings. The molecule has 2 aromatic carbocycles. The van der Waals surface area contributed by atoms with Crippen molar-refractivity contribution in [2.75, 3.05) is 33.7 Å². The summed E-state index contributed by atoms with van der Waals surface area (Å²) >= 11 is 5.95. The monoisotopic (exact) mass is 448 g/mol. The van der Waals surface area contributed by atoms with Gasteiger partial charge in [0.2, 0.25) is 10.0 Å². The van der Waals surface area contributed by atoms with Crippen LogP contribution in [0.4, 0.5) is 0 Å². The van der Waals surface area contributed by atoms with Crippen molar-refractivity contribution in [1.82, 2.24) is 14.5 Å². The van der Waals surface area contributed by atoms with E-state index in [9.17, 15) is 13.2 Å². The Morgan fingerprint density at radius 1 is 1.13 bits per heavy atom. The molecule has 0 radical (unpaired) electrons. The Labute approximate surface area is 182 Å². The van der Waals surface area contributed by atoms with Crippen molar-refractivity contribution >= 4 is 27.5 Å². The summed E-state index contributed by atoms with van der Waals surface area (Å²) in [6.45, 7) is 2.79. The van der Waals surface area contributed by atoms with Gasteiger partial charge in [0, 0.05) is 30.2 Å². The Balaban J connectivity index is 2.35. The average Bonchev–Trinajstić information content (AvgIpc) is 2.70. The van der Waals surface area contributed by atoms with E-state index in [0.29, 0.717) is 30.2 Å². The third-order valence-electron chi connectivity index (χ3n) is 4.46. The zero-order chi connectivity index (χ0) is 22.3. The zero-order valence-electron chi connectivity index (χ0n) is 17.2. The molecule has 160 valence electrons. The van der Waals surface area contributed by atoms with E-state index in [4.69, 9.17) is 16.9 Å². The van der Waals surface area contributed by atoms with E-state index >= 15 is 0 Å². The summed E-state index contributed by atoms with van der Waals surface area (Å²) in [6, 6.07) is 13.6. The van der Waals surface area contributed by atoms with Gasteiger partial charge in [-0.1, -0.05) is 29.8 Å². The van der Waals surface area contributed by atoms with Gasteiger partial charge in [-0.05, 0) is 56.4 Å². The maximum atomic E-state index is 13.2. The van der Waals surface area contributed by atoms with Gasteiger partial charge in [-0.2, -0.15) is 9.98 Å². The predicted molar refractivity (Wildman–Crippen MR) is 117 cm³/mol. The molecule has 0 saturated heterocycles. The van der Waals surface area contributed by atoms with E-state index in [2.05, 4.69) is 4.72 Å². The van der Waals surface area contributed by atoms with Crippen molar-refractivity contribution in [3.8, 4) is 6.07 Å². The second-order valence-electron chi connectivity index (χ2n) is 7.12. The summed E-state index contributed by atoms with van der Waals surface area (Å²) in [6.07, 6.45) is 0. The number of nitrogens with zero attached hydrogens (tertiary/aromatic N) is 3. The first-order valence-electron chi connectivity index (χ1n) is 9.30. The van der Waals surface area contributed by atoms with E-state index < -0.39 is 10.0 Å². The first-order valence-corrected chi connectivity index (χ1v) is 11.2. The predicted octanol–water partition coefficient (Wildman–Crippen LogP) is 2.65. The molecule has 0 spiro atoms. The molecule has 0 saturated carbocycles. The summed E-state index contributed by atoms with van der Waals surface area (Å²) < 4.78 is 27.2. The van der Waals surface area contributed by atoms with Crippen LogP contribution in [0.2, 0.25) is 5.02 Å². The molecule has 0 heterocycles. The van der Waals surface area contributed by atoms with Crippen molar-refractivity contribution in [2.45, 2.75) is 18.4 Å². The second-order valence-corrected chi connectivity index (χ2v) is 9.29. The third kappa shape index (κ3) is 6.54. The van der Waals surface area contributed by atoms with Gasteiger partial charge in [-0.3, -0.25) is 4.79 Å². The lowest BCUT2D eigenvalue weighted by atomic mass is 10.1. The molecule has 0 atom stereocenters. The lowest BCUT2D eigenvalue weighted by Crippen LogP contribution is -2.36. The summed E-state index contributed by atoms with van der Waals surface area (Å²) in [5.74, 6) is -0.275. The van der Waals surface area contributed by atoms with Gasteiger partial charge in [0.15, 0.2) is 0 Å². The highest BCUT2D eigenvalue weighted by atomic mass is 35.5. The third-order valence-corrected chi connectivity index (χ3v) is 6.25. The maximum absolute atomic E-state index is 13.2. The largest absolute Gasteiger partial charge is 0.333 e. The minimum atomic E-state index is -3.89. The van der Waals surface area contributed by atoms with Gasteiger partial charge >= 0.3 is 0 Å². The Kier molecular flexibility index (Phi) is 8.38. The van der Waals surface area contributed by atoms with Crippen LogP contribution in [0.3, 0.4) is 0 Å². The number of sulfonamides is 1. The Bertz CT molecular complexity index is 1030. The highest BCUT2D eigenvalue weighted by Crippen LogP contribution is 2.19. The Hall–Kier alpha value is -2.44.